The van der Waals surface area contributed by atoms with Gasteiger partial charge in [-0.15, -0.1) is 13.2 Å². The van der Waals surface area contributed by atoms with Crippen molar-refractivity contribution < 1.29 is 43.7 Å². The smallest absolute Gasteiger partial charge is 0.346 e. The lowest BCUT2D eigenvalue weighted by atomic mass is 10.1. The van der Waals surface area contributed by atoms with E-state index in [1.165, 1.54) is 0 Å². The van der Waals surface area contributed by atoms with Gasteiger partial charge in [-0.05, 0) is 6.92 Å². The molecule has 0 aromatic heterocycles. The minimum Gasteiger partial charge on any atom is -0.480 e. The highest BCUT2D eigenvalue weighted by Gasteiger charge is 2.48. The van der Waals surface area contributed by atoms with Crippen molar-refractivity contribution in [3.63, 3.8) is 0 Å². The van der Waals surface area contributed by atoms with Crippen molar-refractivity contribution in [2.24, 2.45) is 0 Å². The van der Waals surface area contributed by atoms with E-state index in [2.05, 4.69) is 13.2 Å². The monoisotopic (exact) mass is 359 g/mol. The Labute approximate surface area is 126 Å². The number of carboxylic acids is 1. The Morgan fingerprint density at radius 2 is 1.36 bits per heavy atom. The summed E-state index contributed by atoms with van der Waals surface area (Å²) in [6.45, 7) is 7.31. The van der Waals surface area contributed by atoms with Crippen LogP contribution in [0.5, 0.6) is 0 Å². The molecule has 0 heterocycles. The number of aliphatic hydroxyl groups excluding tert-OH is 1. The number of rotatable bonds is 9. The van der Waals surface area contributed by atoms with Crippen LogP contribution in [-0.4, -0.2) is 64.4 Å². The number of carbonyl (C=O) groups is 1. The van der Waals surface area contributed by atoms with Gasteiger partial charge in [-0.25, -0.2) is 0 Å². The molecule has 10 nitrogen and oxygen atoms in total. The average Bonchev–Trinajstić information content (AvgIpc) is 2.25. The first-order chi connectivity index (χ1) is 9.78. The first-order valence-corrected chi connectivity index (χ1v) is 9.19. The number of nitrogens with zero attached hydrogens (tertiary/aromatic N) is 1. The fourth-order valence-corrected chi connectivity index (χ4v) is 3.86. The van der Waals surface area contributed by atoms with Gasteiger partial charge in [0.2, 0.25) is 0 Å². The molecular formula is C10H19NO9P2. The summed E-state index contributed by atoms with van der Waals surface area (Å²) in [5.41, 5.74) is 0. The third kappa shape index (κ3) is 5.12. The molecule has 0 aliphatic carbocycles. The molecule has 0 saturated heterocycles. The van der Waals surface area contributed by atoms with E-state index in [9.17, 15) is 38.6 Å². The van der Waals surface area contributed by atoms with Gasteiger partial charge in [0.1, 0.15) is 17.6 Å². The maximum absolute atomic E-state index is 11.5. The van der Waals surface area contributed by atoms with Crippen LogP contribution in [0.1, 0.15) is 6.92 Å². The Bertz CT molecular complexity index is 488. The van der Waals surface area contributed by atoms with Crippen molar-refractivity contribution >= 4 is 21.2 Å². The molecule has 0 spiro atoms. The van der Waals surface area contributed by atoms with Crippen LogP contribution < -0.4 is 0 Å². The summed E-state index contributed by atoms with van der Waals surface area (Å²) in [7, 11) is -10.1. The van der Waals surface area contributed by atoms with Gasteiger partial charge in [-0.2, -0.15) is 0 Å². The van der Waals surface area contributed by atoms with E-state index >= 15 is 0 Å². The van der Waals surface area contributed by atoms with Crippen LogP contribution in [0.15, 0.2) is 25.3 Å². The van der Waals surface area contributed by atoms with Crippen molar-refractivity contribution in [3.8, 4) is 0 Å². The van der Waals surface area contributed by atoms with E-state index in [-0.39, 0.29) is 0 Å². The summed E-state index contributed by atoms with van der Waals surface area (Å²) in [5.74, 6) is -5.81. The fourth-order valence-electron chi connectivity index (χ4n) is 1.93. The molecule has 0 aromatic carbocycles. The van der Waals surface area contributed by atoms with E-state index in [4.69, 9.17) is 5.11 Å². The first kappa shape index (κ1) is 21.2. The molecule has 2 unspecified atom stereocenters. The molecule has 0 aliphatic heterocycles. The Balaban J connectivity index is 6.35. The summed E-state index contributed by atoms with van der Waals surface area (Å²) >= 11 is 0. The molecule has 22 heavy (non-hydrogen) atoms. The molecule has 0 radical (unpaired) electrons. The Morgan fingerprint density at radius 3 is 1.50 bits per heavy atom. The van der Waals surface area contributed by atoms with Gasteiger partial charge in [0.05, 0.1) is 6.10 Å². The van der Waals surface area contributed by atoms with Gasteiger partial charge < -0.3 is 29.8 Å². The molecule has 0 saturated carbocycles. The summed E-state index contributed by atoms with van der Waals surface area (Å²) in [5, 5.41) is 18.7. The highest BCUT2D eigenvalue weighted by molar-refractivity contribution is 7.53. The molecule has 0 rings (SSSR count). The number of carboxylic acid groups (broad SMARTS) is 1. The van der Waals surface area contributed by atoms with Crippen molar-refractivity contribution in [2.75, 3.05) is 0 Å². The van der Waals surface area contributed by atoms with E-state index < -0.39 is 44.9 Å². The van der Waals surface area contributed by atoms with Crippen molar-refractivity contribution in [3.05, 3.63) is 25.3 Å². The van der Waals surface area contributed by atoms with Gasteiger partial charge in [0, 0.05) is 0 Å². The van der Waals surface area contributed by atoms with Gasteiger partial charge in [-0.1, -0.05) is 12.2 Å². The minimum atomic E-state index is -5.06. The van der Waals surface area contributed by atoms with Crippen LogP contribution >= 0.6 is 15.2 Å². The molecule has 0 bridgehead atoms. The average molecular weight is 359 g/mol. The van der Waals surface area contributed by atoms with Crippen LogP contribution in [-0.2, 0) is 13.9 Å². The minimum absolute atomic E-state index is 0.314. The number of aliphatic carboxylic acids is 1. The van der Waals surface area contributed by atoms with Gasteiger partial charge in [-0.3, -0.25) is 18.8 Å². The van der Waals surface area contributed by atoms with Crippen LogP contribution in [0, 0.1) is 0 Å². The largest absolute Gasteiger partial charge is 0.480 e. The van der Waals surface area contributed by atoms with Gasteiger partial charge >= 0.3 is 21.2 Å². The third-order valence-corrected chi connectivity index (χ3v) is 5.09. The standard InChI is InChI=1S/C10H19NO9P2/c1-4-7(21(15,16)17)11(8(5-2)22(18,19)20)9(6(3)12)10(13)14/h4-9,12H,1-2H2,3H3,(H,13,14)(H2,15,16,17)(H2,18,19,20)/t6-,7?,8?,9+/m1/s1. The maximum Gasteiger partial charge on any atom is 0.346 e. The zero-order valence-electron chi connectivity index (χ0n) is 11.6. The molecule has 12 heteroatoms. The molecule has 0 aromatic rings. The fraction of sp³-hybridized carbons (Fsp3) is 0.500. The maximum atomic E-state index is 11.5. The second kappa shape index (κ2) is 7.63. The summed E-state index contributed by atoms with van der Waals surface area (Å²) in [6, 6.07) is -2.01. The topological polar surface area (TPSA) is 176 Å². The van der Waals surface area contributed by atoms with Crippen LogP contribution in [0.3, 0.4) is 0 Å². The Kier molecular flexibility index (Phi) is 7.34. The summed E-state index contributed by atoms with van der Waals surface area (Å²) in [4.78, 5) is 48.8. The van der Waals surface area contributed by atoms with Gasteiger partial charge in [0.15, 0.2) is 0 Å². The zero-order valence-corrected chi connectivity index (χ0v) is 13.4. The molecule has 0 amide bonds. The van der Waals surface area contributed by atoms with Crippen LogP contribution in [0.2, 0.25) is 0 Å². The van der Waals surface area contributed by atoms with E-state index in [0.717, 1.165) is 6.92 Å². The highest BCUT2D eigenvalue weighted by Crippen LogP contribution is 2.52. The molecule has 0 fully saturated rings. The first-order valence-electron chi connectivity index (χ1n) is 5.82. The molecule has 6 N–H and O–H groups in total. The van der Waals surface area contributed by atoms with E-state index in [1.54, 1.807) is 0 Å². The number of aliphatic hydroxyl groups is 1. The zero-order chi connectivity index (χ0) is 17.9. The molecule has 128 valence electrons. The molecule has 0 aliphatic rings. The predicted molar refractivity (Wildman–Crippen MR) is 77.0 cm³/mol. The quantitative estimate of drug-likeness (QED) is 0.232. The highest BCUT2D eigenvalue weighted by atomic mass is 31.2. The van der Waals surface area contributed by atoms with Gasteiger partial charge in [0.25, 0.3) is 0 Å². The Morgan fingerprint density at radius 1 is 1.05 bits per heavy atom. The lowest BCUT2D eigenvalue weighted by molar-refractivity contribution is -0.147. The molecular weight excluding hydrogens is 340 g/mol. The molecule has 4 atom stereocenters. The predicted octanol–water partition coefficient (Wildman–Crippen LogP) is -0.498. The number of hydrogen-bond donors (Lipinski definition) is 6. The van der Waals surface area contributed by atoms with Crippen LogP contribution in [0.25, 0.3) is 0 Å². The number of hydrogen-bond acceptors (Lipinski definition) is 5. The van der Waals surface area contributed by atoms with E-state index in [1.807, 2.05) is 0 Å². The van der Waals surface area contributed by atoms with Crippen molar-refractivity contribution in [1.82, 2.24) is 4.90 Å². The van der Waals surface area contributed by atoms with E-state index in [0.29, 0.717) is 17.1 Å². The SMILES string of the molecule is C=CC(N(C(C=C)P(=O)(O)O)[C@H](C(=O)O)[C@@H](C)O)P(=O)(O)O. The van der Waals surface area contributed by atoms with Crippen molar-refractivity contribution in [2.45, 2.75) is 30.6 Å². The Hall–Kier alpha value is -0.830. The second-order valence-corrected chi connectivity index (χ2v) is 7.86. The van der Waals surface area contributed by atoms with Crippen LogP contribution in [0.4, 0.5) is 0 Å². The summed E-state index contributed by atoms with van der Waals surface area (Å²) < 4.78 is 23.0. The lowest BCUT2D eigenvalue weighted by Crippen LogP contribution is -2.55. The summed E-state index contributed by atoms with van der Waals surface area (Å²) in [6.07, 6.45) is -0.378. The third-order valence-electron chi connectivity index (χ3n) is 2.75. The normalized spacial score (nSPS) is 18.3. The lowest BCUT2D eigenvalue weighted by Gasteiger charge is -2.40. The van der Waals surface area contributed by atoms with Crippen molar-refractivity contribution in [1.29, 1.82) is 0 Å². The second-order valence-electron chi connectivity index (χ2n) is 4.45.